The Bertz CT molecular complexity index is 217. The molecule has 0 spiro atoms. The second-order valence-corrected chi connectivity index (χ2v) is 6.30. The summed E-state index contributed by atoms with van der Waals surface area (Å²) in [4.78, 5) is 2.68. The third-order valence-corrected chi connectivity index (χ3v) is 5.39. The van der Waals surface area contributed by atoms with Gasteiger partial charge >= 0.3 is 0 Å². The first kappa shape index (κ1) is 16.5. The fourth-order valence-corrected chi connectivity index (χ4v) is 3.96. The Balaban J connectivity index is 2.67. The molecule has 1 aliphatic heterocycles. The number of ether oxygens (including phenoxy) is 1. The predicted molar refractivity (Wildman–Crippen MR) is 82.5 cm³/mol. The van der Waals surface area contributed by atoms with Crippen molar-refractivity contribution in [1.82, 2.24) is 4.90 Å². The Morgan fingerprint density at radius 1 is 1.22 bits per heavy atom. The smallest absolute Gasteiger partial charge is 0.0622 e. The lowest BCUT2D eigenvalue weighted by Gasteiger charge is -2.42. The van der Waals surface area contributed by atoms with Gasteiger partial charge in [0.2, 0.25) is 0 Å². The molecule has 1 saturated heterocycles. The molecule has 108 valence electrons. The van der Waals surface area contributed by atoms with Gasteiger partial charge in [0.15, 0.2) is 0 Å². The summed E-state index contributed by atoms with van der Waals surface area (Å²) in [6.45, 7) is 11.1. The molecule has 0 aromatic heterocycles. The van der Waals surface area contributed by atoms with Crippen LogP contribution in [-0.2, 0) is 4.74 Å². The average Bonchev–Trinajstić information content (AvgIpc) is 2.40. The van der Waals surface area contributed by atoms with Gasteiger partial charge in [0.1, 0.15) is 0 Å². The minimum absolute atomic E-state index is 0.467. The molecule has 1 heterocycles. The van der Waals surface area contributed by atoms with Crippen molar-refractivity contribution in [2.24, 2.45) is 5.41 Å². The molecule has 1 atom stereocenters. The zero-order chi connectivity index (χ0) is 13.4. The number of halogens is 1. The molecule has 0 N–H and O–H groups in total. The molecular formula is C15H30BrNO. The number of hydrogen-bond donors (Lipinski definition) is 0. The molecule has 3 heteroatoms. The highest BCUT2D eigenvalue weighted by molar-refractivity contribution is 9.09. The highest BCUT2D eigenvalue weighted by Crippen LogP contribution is 2.34. The van der Waals surface area contributed by atoms with Crippen molar-refractivity contribution in [3.8, 4) is 0 Å². The Morgan fingerprint density at radius 2 is 1.89 bits per heavy atom. The maximum atomic E-state index is 5.62. The zero-order valence-corrected chi connectivity index (χ0v) is 14.0. The van der Waals surface area contributed by atoms with Crippen LogP contribution >= 0.6 is 15.9 Å². The summed E-state index contributed by atoms with van der Waals surface area (Å²) in [6, 6.07) is 0.630. The molecule has 1 unspecified atom stereocenters. The van der Waals surface area contributed by atoms with Crippen LogP contribution in [0.15, 0.2) is 0 Å². The number of nitrogens with zero attached hydrogens (tertiary/aromatic N) is 1. The van der Waals surface area contributed by atoms with E-state index in [2.05, 4.69) is 41.6 Å². The molecule has 0 aliphatic carbocycles. The lowest BCUT2D eigenvalue weighted by atomic mass is 9.80. The molecule has 0 aromatic carbocycles. The highest BCUT2D eigenvalue weighted by Gasteiger charge is 2.33. The van der Waals surface area contributed by atoms with Gasteiger partial charge in [-0.25, -0.2) is 0 Å². The van der Waals surface area contributed by atoms with Gasteiger partial charge in [0.25, 0.3) is 0 Å². The van der Waals surface area contributed by atoms with Gasteiger partial charge in [-0.15, -0.1) is 0 Å². The minimum atomic E-state index is 0.467. The quantitative estimate of drug-likeness (QED) is 0.625. The first-order chi connectivity index (χ1) is 8.71. The van der Waals surface area contributed by atoms with E-state index in [0.29, 0.717) is 11.5 Å². The van der Waals surface area contributed by atoms with Crippen molar-refractivity contribution < 1.29 is 4.74 Å². The van der Waals surface area contributed by atoms with Gasteiger partial charge in [-0.2, -0.15) is 0 Å². The molecule has 0 radical (unpaired) electrons. The third-order valence-electron chi connectivity index (χ3n) is 4.20. The van der Waals surface area contributed by atoms with Crippen LogP contribution < -0.4 is 0 Å². The monoisotopic (exact) mass is 319 g/mol. The van der Waals surface area contributed by atoms with Crippen LogP contribution in [0.1, 0.15) is 52.9 Å². The molecule has 0 bridgehead atoms. The summed E-state index contributed by atoms with van der Waals surface area (Å²) in [5.74, 6) is 0. The van der Waals surface area contributed by atoms with Crippen molar-refractivity contribution in [3.63, 3.8) is 0 Å². The molecule has 0 amide bonds. The standard InChI is InChI=1S/C15H30BrNO/c1-4-7-15(12-16,8-5-2)13-17-9-10-18-11-14(17)6-3/h14H,4-13H2,1-3H3. The molecular weight excluding hydrogens is 290 g/mol. The van der Waals surface area contributed by atoms with E-state index in [1.165, 1.54) is 38.6 Å². The summed E-state index contributed by atoms with van der Waals surface area (Å²) >= 11 is 3.79. The van der Waals surface area contributed by atoms with E-state index in [-0.39, 0.29) is 0 Å². The van der Waals surface area contributed by atoms with E-state index >= 15 is 0 Å². The van der Waals surface area contributed by atoms with Crippen LogP contribution in [0, 0.1) is 5.41 Å². The Morgan fingerprint density at radius 3 is 2.39 bits per heavy atom. The summed E-state index contributed by atoms with van der Waals surface area (Å²) < 4.78 is 5.62. The highest BCUT2D eigenvalue weighted by atomic mass is 79.9. The van der Waals surface area contributed by atoms with Gasteiger partial charge in [-0.3, -0.25) is 4.90 Å². The Kier molecular flexibility index (Phi) is 7.81. The van der Waals surface area contributed by atoms with Crippen molar-refractivity contribution >= 4 is 15.9 Å². The van der Waals surface area contributed by atoms with Crippen molar-refractivity contribution in [2.45, 2.75) is 58.9 Å². The van der Waals surface area contributed by atoms with E-state index in [1.807, 2.05) is 0 Å². The van der Waals surface area contributed by atoms with Gasteiger partial charge in [-0.1, -0.05) is 49.5 Å². The largest absolute Gasteiger partial charge is 0.378 e. The summed E-state index contributed by atoms with van der Waals surface area (Å²) in [7, 11) is 0. The second-order valence-electron chi connectivity index (χ2n) is 5.74. The van der Waals surface area contributed by atoms with Gasteiger partial charge < -0.3 is 4.74 Å². The normalized spacial score (nSPS) is 22.3. The fourth-order valence-electron chi connectivity index (χ4n) is 3.22. The molecule has 1 rings (SSSR count). The molecule has 0 aromatic rings. The van der Waals surface area contributed by atoms with Crippen LogP contribution in [0.4, 0.5) is 0 Å². The number of rotatable bonds is 8. The van der Waals surface area contributed by atoms with Gasteiger partial charge in [0.05, 0.1) is 13.2 Å². The summed E-state index contributed by atoms with van der Waals surface area (Å²) in [6.07, 6.45) is 6.44. The van der Waals surface area contributed by atoms with Crippen LogP contribution in [-0.4, -0.2) is 42.6 Å². The third kappa shape index (κ3) is 4.50. The second kappa shape index (κ2) is 8.55. The molecule has 18 heavy (non-hydrogen) atoms. The van der Waals surface area contributed by atoms with Crippen LogP contribution in [0.5, 0.6) is 0 Å². The Hall–Kier alpha value is 0.400. The summed E-state index contributed by atoms with van der Waals surface area (Å²) in [5.41, 5.74) is 0.467. The van der Waals surface area contributed by atoms with Crippen molar-refractivity contribution in [3.05, 3.63) is 0 Å². The van der Waals surface area contributed by atoms with E-state index < -0.39 is 0 Å². The average molecular weight is 320 g/mol. The van der Waals surface area contributed by atoms with Crippen LogP contribution in [0.3, 0.4) is 0 Å². The van der Waals surface area contributed by atoms with Gasteiger partial charge in [-0.05, 0) is 24.7 Å². The first-order valence-corrected chi connectivity index (χ1v) is 8.71. The number of morpholine rings is 1. The molecule has 0 saturated carbocycles. The number of hydrogen-bond acceptors (Lipinski definition) is 2. The maximum absolute atomic E-state index is 5.62. The van der Waals surface area contributed by atoms with Crippen molar-refractivity contribution in [2.75, 3.05) is 31.6 Å². The topological polar surface area (TPSA) is 12.5 Å². The molecule has 1 aliphatic rings. The maximum Gasteiger partial charge on any atom is 0.0622 e. The predicted octanol–water partition coefficient (Wildman–Crippen LogP) is 4.08. The lowest BCUT2D eigenvalue weighted by Crippen LogP contribution is -2.50. The molecule has 2 nitrogen and oxygen atoms in total. The zero-order valence-electron chi connectivity index (χ0n) is 12.4. The summed E-state index contributed by atoms with van der Waals surface area (Å²) in [5, 5.41) is 1.13. The van der Waals surface area contributed by atoms with E-state index in [0.717, 1.165) is 25.1 Å². The first-order valence-electron chi connectivity index (χ1n) is 7.59. The molecule has 1 fully saturated rings. The SMILES string of the molecule is CCCC(CBr)(CCC)CN1CCOCC1CC. The van der Waals surface area contributed by atoms with E-state index in [9.17, 15) is 0 Å². The Labute approximate surface area is 122 Å². The van der Waals surface area contributed by atoms with Crippen molar-refractivity contribution in [1.29, 1.82) is 0 Å². The van der Waals surface area contributed by atoms with Crippen LogP contribution in [0.2, 0.25) is 0 Å². The lowest BCUT2D eigenvalue weighted by molar-refractivity contribution is -0.0276. The van der Waals surface area contributed by atoms with Gasteiger partial charge in [0, 0.05) is 24.5 Å². The van der Waals surface area contributed by atoms with Crippen LogP contribution in [0.25, 0.3) is 0 Å². The van der Waals surface area contributed by atoms with E-state index in [4.69, 9.17) is 4.74 Å². The number of alkyl halides is 1. The fraction of sp³-hybridized carbons (Fsp3) is 1.00. The minimum Gasteiger partial charge on any atom is -0.378 e. The van der Waals surface area contributed by atoms with E-state index in [1.54, 1.807) is 0 Å².